The van der Waals surface area contributed by atoms with Gasteiger partial charge in [0.15, 0.2) is 0 Å². The highest BCUT2D eigenvalue weighted by Gasteiger charge is 2.25. The molecule has 1 fully saturated rings. The summed E-state index contributed by atoms with van der Waals surface area (Å²) >= 11 is 0. The fourth-order valence-corrected chi connectivity index (χ4v) is 2.11. The van der Waals surface area contributed by atoms with Crippen LogP contribution >= 0.6 is 0 Å². The van der Waals surface area contributed by atoms with E-state index in [9.17, 15) is 0 Å². The fraction of sp³-hybridized carbons (Fsp3) is 0.800. The Morgan fingerprint density at radius 3 is 2.82 bits per heavy atom. The van der Waals surface area contributed by atoms with Gasteiger partial charge in [0.1, 0.15) is 0 Å². The molecule has 1 N–H and O–H groups in total. The van der Waals surface area contributed by atoms with Crippen LogP contribution in [0.25, 0.3) is 0 Å². The molecule has 0 bridgehead atoms. The van der Waals surface area contributed by atoms with E-state index in [0.717, 1.165) is 12.0 Å². The molecule has 11 heavy (non-hydrogen) atoms. The number of hydrogen-bond acceptors (Lipinski definition) is 1. The molecule has 0 aromatic carbocycles. The van der Waals surface area contributed by atoms with Gasteiger partial charge >= 0.3 is 0 Å². The molecule has 2 atom stereocenters. The minimum absolute atomic E-state index is 0.756. The van der Waals surface area contributed by atoms with Crippen molar-refractivity contribution in [2.75, 3.05) is 7.05 Å². The lowest BCUT2D eigenvalue weighted by Crippen LogP contribution is -2.28. The zero-order valence-corrected chi connectivity index (χ0v) is 7.69. The molecule has 1 heteroatoms. The Balaban J connectivity index is 2.37. The smallest absolute Gasteiger partial charge is 0.00953 e. The van der Waals surface area contributed by atoms with Gasteiger partial charge in [-0.3, -0.25) is 0 Å². The Morgan fingerprint density at radius 2 is 2.27 bits per heavy atom. The Bertz CT molecular complexity index is 140. The molecule has 0 aromatic rings. The largest absolute Gasteiger partial charge is 0.317 e. The highest BCUT2D eigenvalue weighted by Crippen LogP contribution is 2.29. The Hall–Kier alpha value is -0.300. The van der Waals surface area contributed by atoms with Gasteiger partial charge in [-0.1, -0.05) is 12.0 Å². The molecule has 2 unspecified atom stereocenters. The zero-order chi connectivity index (χ0) is 8.27. The predicted molar refractivity (Wildman–Crippen MR) is 49.6 cm³/mol. The number of allylic oxidation sites excluding steroid dienone is 1. The van der Waals surface area contributed by atoms with Crippen LogP contribution in [0.15, 0.2) is 12.2 Å². The minimum atomic E-state index is 0.756. The van der Waals surface area contributed by atoms with Crippen molar-refractivity contribution in [3.63, 3.8) is 0 Å². The Labute approximate surface area is 69.9 Å². The van der Waals surface area contributed by atoms with Gasteiger partial charge in [0.2, 0.25) is 0 Å². The van der Waals surface area contributed by atoms with Crippen molar-refractivity contribution >= 4 is 0 Å². The Morgan fingerprint density at radius 1 is 1.55 bits per heavy atom. The van der Waals surface area contributed by atoms with Gasteiger partial charge in [0.05, 0.1) is 0 Å². The molecule has 0 aromatic heterocycles. The zero-order valence-electron chi connectivity index (χ0n) is 7.69. The quantitative estimate of drug-likeness (QED) is 0.614. The fourth-order valence-electron chi connectivity index (χ4n) is 2.11. The molecule has 1 nitrogen and oxygen atoms in total. The van der Waals surface area contributed by atoms with Crippen LogP contribution in [0, 0.1) is 5.92 Å². The minimum Gasteiger partial charge on any atom is -0.317 e. The van der Waals surface area contributed by atoms with Crippen LogP contribution in [-0.4, -0.2) is 13.1 Å². The van der Waals surface area contributed by atoms with Crippen LogP contribution in [0.5, 0.6) is 0 Å². The molecule has 0 radical (unpaired) electrons. The van der Waals surface area contributed by atoms with Gasteiger partial charge in [-0.15, -0.1) is 6.58 Å². The summed E-state index contributed by atoms with van der Waals surface area (Å²) in [4.78, 5) is 0. The van der Waals surface area contributed by atoms with E-state index < -0.39 is 0 Å². The summed E-state index contributed by atoms with van der Waals surface area (Å²) in [5.41, 5.74) is 1.33. The van der Waals surface area contributed by atoms with Gasteiger partial charge in [-0.25, -0.2) is 0 Å². The first-order valence-electron chi connectivity index (χ1n) is 4.55. The van der Waals surface area contributed by atoms with E-state index in [1.807, 2.05) is 0 Å². The molecule has 1 saturated carbocycles. The summed E-state index contributed by atoms with van der Waals surface area (Å²) in [6.07, 6.45) is 5.35. The van der Waals surface area contributed by atoms with Crippen LogP contribution in [-0.2, 0) is 0 Å². The SMILES string of the molecule is C=C(C)CC1CCCC1NC. The van der Waals surface area contributed by atoms with E-state index in [1.165, 1.54) is 31.3 Å². The maximum Gasteiger partial charge on any atom is 0.00953 e. The van der Waals surface area contributed by atoms with Gasteiger partial charge in [0.25, 0.3) is 0 Å². The lowest BCUT2D eigenvalue weighted by atomic mass is 9.96. The van der Waals surface area contributed by atoms with E-state index in [2.05, 4.69) is 25.9 Å². The maximum atomic E-state index is 3.96. The van der Waals surface area contributed by atoms with Crippen molar-refractivity contribution in [3.05, 3.63) is 12.2 Å². The first-order valence-corrected chi connectivity index (χ1v) is 4.55. The third kappa shape index (κ3) is 2.33. The monoisotopic (exact) mass is 153 g/mol. The molecule has 1 aliphatic carbocycles. The van der Waals surface area contributed by atoms with Crippen molar-refractivity contribution in [2.24, 2.45) is 5.92 Å². The summed E-state index contributed by atoms with van der Waals surface area (Å²) in [5.74, 6) is 0.859. The summed E-state index contributed by atoms with van der Waals surface area (Å²) in [5, 5.41) is 3.38. The summed E-state index contributed by atoms with van der Waals surface area (Å²) in [6.45, 7) is 6.09. The molecule has 0 saturated heterocycles. The average molecular weight is 153 g/mol. The summed E-state index contributed by atoms with van der Waals surface area (Å²) in [6, 6.07) is 0.756. The van der Waals surface area contributed by atoms with E-state index >= 15 is 0 Å². The average Bonchev–Trinajstić information content (AvgIpc) is 2.34. The first kappa shape index (κ1) is 8.79. The van der Waals surface area contributed by atoms with Crippen LogP contribution in [0.1, 0.15) is 32.6 Å². The lowest BCUT2D eigenvalue weighted by Gasteiger charge is -2.18. The van der Waals surface area contributed by atoms with E-state index in [1.54, 1.807) is 0 Å². The van der Waals surface area contributed by atoms with E-state index in [0.29, 0.717) is 0 Å². The van der Waals surface area contributed by atoms with E-state index in [4.69, 9.17) is 0 Å². The summed E-state index contributed by atoms with van der Waals surface area (Å²) < 4.78 is 0. The molecule has 0 spiro atoms. The van der Waals surface area contributed by atoms with Crippen LogP contribution in [0.3, 0.4) is 0 Å². The second-order valence-corrected chi connectivity index (χ2v) is 3.75. The molecule has 0 amide bonds. The Kier molecular flexibility index (Phi) is 3.13. The van der Waals surface area contributed by atoms with Gasteiger partial charge in [0, 0.05) is 6.04 Å². The predicted octanol–water partition coefficient (Wildman–Crippen LogP) is 2.34. The number of rotatable bonds is 3. The summed E-state index contributed by atoms with van der Waals surface area (Å²) in [7, 11) is 2.07. The van der Waals surface area contributed by atoms with Crippen LogP contribution in [0.2, 0.25) is 0 Å². The maximum absolute atomic E-state index is 3.96. The molecule has 0 heterocycles. The second kappa shape index (κ2) is 3.91. The van der Waals surface area contributed by atoms with Crippen molar-refractivity contribution in [3.8, 4) is 0 Å². The number of nitrogens with one attached hydrogen (secondary N) is 1. The van der Waals surface area contributed by atoms with Crippen LogP contribution < -0.4 is 5.32 Å². The van der Waals surface area contributed by atoms with Crippen molar-refractivity contribution < 1.29 is 0 Å². The second-order valence-electron chi connectivity index (χ2n) is 3.75. The van der Waals surface area contributed by atoms with Crippen molar-refractivity contribution in [1.29, 1.82) is 0 Å². The normalized spacial score (nSPS) is 30.7. The van der Waals surface area contributed by atoms with Crippen molar-refractivity contribution in [1.82, 2.24) is 5.32 Å². The third-order valence-electron chi connectivity index (χ3n) is 2.64. The molecule has 64 valence electrons. The molecular weight excluding hydrogens is 134 g/mol. The highest BCUT2D eigenvalue weighted by molar-refractivity contribution is 4.95. The van der Waals surface area contributed by atoms with Gasteiger partial charge in [-0.05, 0) is 39.2 Å². The first-order chi connectivity index (χ1) is 5.24. The van der Waals surface area contributed by atoms with Crippen LogP contribution in [0.4, 0.5) is 0 Å². The molecule has 1 aliphatic rings. The van der Waals surface area contributed by atoms with Gasteiger partial charge < -0.3 is 5.32 Å². The van der Waals surface area contributed by atoms with Gasteiger partial charge in [-0.2, -0.15) is 0 Å². The van der Waals surface area contributed by atoms with Crippen molar-refractivity contribution in [2.45, 2.75) is 38.6 Å². The number of hydrogen-bond donors (Lipinski definition) is 1. The molecule has 0 aliphatic heterocycles. The standard InChI is InChI=1S/C10H19N/c1-8(2)7-9-5-4-6-10(9)11-3/h9-11H,1,4-7H2,2-3H3. The highest BCUT2D eigenvalue weighted by atomic mass is 14.9. The topological polar surface area (TPSA) is 12.0 Å². The molecular formula is C10H19N. The lowest BCUT2D eigenvalue weighted by molar-refractivity contribution is 0.423. The third-order valence-corrected chi connectivity index (χ3v) is 2.64. The van der Waals surface area contributed by atoms with E-state index in [-0.39, 0.29) is 0 Å². The molecule has 1 rings (SSSR count).